The number of nitrogens with zero attached hydrogens (tertiary/aromatic N) is 1. The number of piperidine rings is 1. The molecular formula is C13H15F2N3O3. The number of nitro groups is 1. The zero-order valence-electron chi connectivity index (χ0n) is 11.4. The molecule has 6 nitrogen and oxygen atoms in total. The second-order valence-corrected chi connectivity index (χ2v) is 5.30. The van der Waals surface area contributed by atoms with Gasteiger partial charge in [-0.05, 0) is 25.9 Å². The first-order valence-corrected chi connectivity index (χ1v) is 6.49. The SMILES string of the molecule is CC1(C(=O)Nc2c(F)cc(F)cc2[N+](=O)[O-])CCNCC1. The van der Waals surface area contributed by atoms with Crippen LogP contribution in [0.2, 0.25) is 0 Å². The molecule has 0 unspecified atom stereocenters. The molecule has 1 heterocycles. The summed E-state index contributed by atoms with van der Waals surface area (Å²) in [5.74, 6) is -2.73. The fourth-order valence-corrected chi connectivity index (χ4v) is 2.30. The third-order valence-corrected chi connectivity index (χ3v) is 3.72. The molecular weight excluding hydrogens is 284 g/mol. The van der Waals surface area contributed by atoms with Crippen LogP contribution in [-0.4, -0.2) is 23.9 Å². The highest BCUT2D eigenvalue weighted by Crippen LogP contribution is 2.33. The number of carbonyl (C=O) groups excluding carboxylic acids is 1. The predicted molar refractivity (Wildman–Crippen MR) is 71.9 cm³/mol. The van der Waals surface area contributed by atoms with Crippen molar-refractivity contribution >= 4 is 17.3 Å². The van der Waals surface area contributed by atoms with Crippen molar-refractivity contribution in [3.05, 3.63) is 33.9 Å². The van der Waals surface area contributed by atoms with Gasteiger partial charge in [-0.3, -0.25) is 14.9 Å². The van der Waals surface area contributed by atoms with Gasteiger partial charge >= 0.3 is 0 Å². The van der Waals surface area contributed by atoms with Crippen LogP contribution in [0.1, 0.15) is 19.8 Å². The van der Waals surface area contributed by atoms with Gasteiger partial charge in [0.25, 0.3) is 5.69 Å². The zero-order chi connectivity index (χ0) is 15.6. The van der Waals surface area contributed by atoms with E-state index in [4.69, 9.17) is 0 Å². The topological polar surface area (TPSA) is 84.3 Å². The number of halogens is 2. The predicted octanol–water partition coefficient (Wildman–Crippen LogP) is 2.20. The molecule has 0 aliphatic carbocycles. The number of anilines is 1. The van der Waals surface area contributed by atoms with Crippen LogP contribution >= 0.6 is 0 Å². The number of carbonyl (C=O) groups is 1. The molecule has 0 spiro atoms. The van der Waals surface area contributed by atoms with Crippen LogP contribution in [0.4, 0.5) is 20.2 Å². The lowest BCUT2D eigenvalue weighted by Crippen LogP contribution is -2.43. The molecule has 0 atom stereocenters. The van der Waals surface area contributed by atoms with Crippen molar-refractivity contribution in [3.63, 3.8) is 0 Å². The maximum absolute atomic E-state index is 13.8. The lowest BCUT2D eigenvalue weighted by Gasteiger charge is -2.32. The lowest BCUT2D eigenvalue weighted by atomic mass is 9.80. The van der Waals surface area contributed by atoms with Crippen molar-refractivity contribution < 1.29 is 18.5 Å². The number of nitrogens with one attached hydrogen (secondary N) is 2. The van der Waals surface area contributed by atoms with Crippen LogP contribution in [0.15, 0.2) is 12.1 Å². The van der Waals surface area contributed by atoms with Crippen LogP contribution in [0.25, 0.3) is 0 Å². The van der Waals surface area contributed by atoms with Crippen molar-refractivity contribution in [2.45, 2.75) is 19.8 Å². The summed E-state index contributed by atoms with van der Waals surface area (Å²) in [4.78, 5) is 22.2. The standard InChI is InChI=1S/C13H15F2N3O3/c1-13(2-4-16-5-3-13)12(19)17-11-9(15)6-8(14)7-10(11)18(20)21/h6-7,16H,2-5H2,1H3,(H,17,19). The lowest BCUT2D eigenvalue weighted by molar-refractivity contribution is -0.384. The number of hydrogen-bond acceptors (Lipinski definition) is 4. The third kappa shape index (κ3) is 3.15. The van der Waals surface area contributed by atoms with Crippen molar-refractivity contribution in [2.24, 2.45) is 5.41 Å². The Morgan fingerprint density at radius 1 is 1.38 bits per heavy atom. The Hall–Kier alpha value is -2.09. The number of amides is 1. The van der Waals surface area contributed by atoms with E-state index < -0.39 is 39.3 Å². The number of benzene rings is 1. The first-order chi connectivity index (χ1) is 9.83. The van der Waals surface area contributed by atoms with Gasteiger partial charge in [-0.1, -0.05) is 6.92 Å². The van der Waals surface area contributed by atoms with Crippen LogP contribution in [-0.2, 0) is 4.79 Å². The smallest absolute Gasteiger partial charge is 0.298 e. The Morgan fingerprint density at radius 2 is 2.00 bits per heavy atom. The van der Waals surface area contributed by atoms with E-state index in [9.17, 15) is 23.7 Å². The normalized spacial score (nSPS) is 17.3. The van der Waals surface area contributed by atoms with E-state index in [1.807, 2.05) is 0 Å². The van der Waals surface area contributed by atoms with Gasteiger partial charge in [-0.25, -0.2) is 8.78 Å². The fourth-order valence-electron chi connectivity index (χ4n) is 2.30. The molecule has 2 N–H and O–H groups in total. The minimum atomic E-state index is -1.16. The highest BCUT2D eigenvalue weighted by Gasteiger charge is 2.36. The van der Waals surface area contributed by atoms with Crippen molar-refractivity contribution in [1.82, 2.24) is 5.32 Å². The summed E-state index contributed by atoms with van der Waals surface area (Å²) in [6, 6.07) is 1.09. The molecule has 1 aromatic carbocycles. The number of hydrogen-bond donors (Lipinski definition) is 2. The van der Waals surface area contributed by atoms with Gasteiger partial charge in [0.15, 0.2) is 11.5 Å². The van der Waals surface area contributed by atoms with Crippen molar-refractivity contribution in [2.75, 3.05) is 18.4 Å². The van der Waals surface area contributed by atoms with Gasteiger partial charge in [-0.15, -0.1) is 0 Å². The Balaban J connectivity index is 2.30. The molecule has 1 amide bonds. The van der Waals surface area contributed by atoms with Crippen LogP contribution in [0, 0.1) is 27.2 Å². The van der Waals surface area contributed by atoms with Gasteiger partial charge in [0.2, 0.25) is 5.91 Å². The molecule has 1 aliphatic heterocycles. The van der Waals surface area contributed by atoms with Gasteiger partial charge in [0.05, 0.1) is 11.0 Å². The average molecular weight is 299 g/mol. The first-order valence-electron chi connectivity index (χ1n) is 6.49. The third-order valence-electron chi connectivity index (χ3n) is 3.72. The van der Waals surface area contributed by atoms with E-state index in [1.54, 1.807) is 6.92 Å². The summed E-state index contributed by atoms with van der Waals surface area (Å²) < 4.78 is 26.8. The fraction of sp³-hybridized carbons (Fsp3) is 0.462. The highest BCUT2D eigenvalue weighted by atomic mass is 19.1. The molecule has 0 saturated carbocycles. The Bertz CT molecular complexity index is 586. The second-order valence-electron chi connectivity index (χ2n) is 5.30. The molecule has 0 bridgehead atoms. The molecule has 8 heteroatoms. The maximum Gasteiger partial charge on any atom is 0.298 e. The van der Waals surface area contributed by atoms with Gasteiger partial charge < -0.3 is 10.6 Å². The number of nitro benzene ring substituents is 1. The van der Waals surface area contributed by atoms with Gasteiger partial charge in [0, 0.05) is 11.5 Å². The monoisotopic (exact) mass is 299 g/mol. The van der Waals surface area contributed by atoms with E-state index in [2.05, 4.69) is 10.6 Å². The van der Waals surface area contributed by atoms with Crippen molar-refractivity contribution in [1.29, 1.82) is 0 Å². The molecule has 0 aromatic heterocycles. The molecule has 1 aliphatic rings. The summed E-state index contributed by atoms with van der Waals surface area (Å²) in [6.07, 6.45) is 1.07. The highest BCUT2D eigenvalue weighted by molar-refractivity contribution is 5.97. The summed E-state index contributed by atoms with van der Waals surface area (Å²) in [7, 11) is 0. The minimum Gasteiger partial charge on any atom is -0.317 e. The summed E-state index contributed by atoms with van der Waals surface area (Å²) in [6.45, 7) is 2.99. The largest absolute Gasteiger partial charge is 0.317 e. The molecule has 114 valence electrons. The van der Waals surface area contributed by atoms with Crippen molar-refractivity contribution in [3.8, 4) is 0 Å². The molecule has 0 radical (unpaired) electrons. The van der Waals surface area contributed by atoms with Gasteiger partial charge in [-0.2, -0.15) is 0 Å². The van der Waals surface area contributed by atoms with E-state index in [-0.39, 0.29) is 0 Å². The Morgan fingerprint density at radius 3 is 2.57 bits per heavy atom. The maximum atomic E-state index is 13.8. The van der Waals surface area contributed by atoms with E-state index in [1.165, 1.54) is 0 Å². The zero-order valence-corrected chi connectivity index (χ0v) is 11.4. The van der Waals surface area contributed by atoms with E-state index >= 15 is 0 Å². The molecule has 1 saturated heterocycles. The Kier molecular flexibility index (Phi) is 4.17. The van der Waals surface area contributed by atoms with Crippen LogP contribution in [0.5, 0.6) is 0 Å². The summed E-state index contributed by atoms with van der Waals surface area (Å²) >= 11 is 0. The quantitative estimate of drug-likeness (QED) is 0.662. The second kappa shape index (κ2) is 5.72. The Labute approximate surface area is 119 Å². The van der Waals surface area contributed by atoms with E-state index in [0.29, 0.717) is 38.1 Å². The van der Waals surface area contributed by atoms with Gasteiger partial charge in [0.1, 0.15) is 5.82 Å². The summed E-state index contributed by atoms with van der Waals surface area (Å²) in [5, 5.41) is 16.2. The molecule has 2 rings (SSSR count). The van der Waals surface area contributed by atoms with Crippen LogP contribution < -0.4 is 10.6 Å². The summed E-state index contributed by atoms with van der Waals surface area (Å²) in [5.41, 5.74) is -2.12. The molecule has 1 aromatic rings. The first kappa shape index (κ1) is 15.3. The van der Waals surface area contributed by atoms with Crippen LogP contribution in [0.3, 0.4) is 0 Å². The number of rotatable bonds is 3. The van der Waals surface area contributed by atoms with E-state index in [0.717, 1.165) is 0 Å². The average Bonchev–Trinajstić information content (AvgIpc) is 2.41. The molecule has 21 heavy (non-hydrogen) atoms. The molecule has 1 fully saturated rings. The minimum absolute atomic E-state index is 0.502.